The molecule has 3 heterocycles. The van der Waals surface area contributed by atoms with Gasteiger partial charge in [-0.3, -0.25) is 14.0 Å². The fraction of sp³-hybridized carbons (Fsp3) is 0.294. The molecule has 1 saturated heterocycles. The lowest BCUT2D eigenvalue weighted by molar-refractivity contribution is -0.0508. The van der Waals surface area contributed by atoms with Crippen LogP contribution in [-0.4, -0.2) is 65.5 Å². The second-order valence-corrected chi connectivity index (χ2v) is 8.16. The summed E-state index contributed by atoms with van der Waals surface area (Å²) in [6.07, 6.45) is -2.97. The Morgan fingerprint density at radius 3 is 2.66 bits per heavy atom. The van der Waals surface area contributed by atoms with Crippen LogP contribution in [0.5, 0.6) is 0 Å². The van der Waals surface area contributed by atoms with Crippen LogP contribution in [0.2, 0.25) is 0 Å². The quantitative estimate of drug-likeness (QED) is 0.358. The van der Waals surface area contributed by atoms with Crippen molar-refractivity contribution in [2.45, 2.75) is 24.5 Å². The number of hydrogen-bond donors (Lipinski definition) is 4. The molecule has 0 radical (unpaired) electrons. The number of rotatable bonds is 6. The number of anilines is 1. The molecule has 2 aromatic heterocycles. The van der Waals surface area contributed by atoms with E-state index in [1.807, 2.05) is 0 Å². The van der Waals surface area contributed by atoms with Gasteiger partial charge in [0.15, 0.2) is 17.7 Å². The van der Waals surface area contributed by atoms with Crippen LogP contribution >= 0.6 is 7.82 Å². The summed E-state index contributed by atoms with van der Waals surface area (Å²) in [7, 11) is -4.92. The number of imidazole rings is 1. The topological polar surface area (TPSA) is 192 Å². The van der Waals surface area contributed by atoms with E-state index in [1.54, 1.807) is 0 Å². The molecule has 5 N–H and O–H groups in total. The van der Waals surface area contributed by atoms with Gasteiger partial charge < -0.3 is 25.2 Å². The van der Waals surface area contributed by atoms with Gasteiger partial charge in [-0.2, -0.15) is 0 Å². The van der Waals surface area contributed by atoms with Crippen LogP contribution in [0.15, 0.2) is 36.9 Å². The van der Waals surface area contributed by atoms with Gasteiger partial charge in [0.25, 0.3) is 0 Å². The number of phosphoric ester groups is 1. The van der Waals surface area contributed by atoms with Crippen molar-refractivity contribution in [1.82, 2.24) is 19.5 Å². The van der Waals surface area contributed by atoms with E-state index in [0.29, 0.717) is 0 Å². The molecule has 170 valence electrons. The lowest BCUT2D eigenvalue weighted by atomic mass is 10.1. The van der Waals surface area contributed by atoms with Gasteiger partial charge >= 0.3 is 13.8 Å². The van der Waals surface area contributed by atoms with Crippen LogP contribution in [0.4, 0.5) is 10.2 Å². The van der Waals surface area contributed by atoms with E-state index < -0.39 is 50.8 Å². The van der Waals surface area contributed by atoms with Crippen LogP contribution in [0.1, 0.15) is 16.6 Å². The van der Waals surface area contributed by atoms with Gasteiger partial charge in [-0.05, 0) is 24.3 Å². The number of benzene rings is 1. The summed E-state index contributed by atoms with van der Waals surface area (Å²) in [6.45, 7) is -0.705. The van der Waals surface area contributed by atoms with Crippen molar-refractivity contribution in [3.63, 3.8) is 0 Å². The third-order valence-corrected chi connectivity index (χ3v) is 5.55. The molecule has 0 saturated carbocycles. The highest BCUT2D eigenvalue weighted by atomic mass is 31.2. The Morgan fingerprint density at radius 1 is 1.22 bits per heavy atom. The first kappa shape index (κ1) is 22.2. The summed E-state index contributed by atoms with van der Waals surface area (Å²) in [6, 6.07) is 4.08. The molecule has 0 spiro atoms. The molecular formula is C17H17FN5O8P. The molecule has 32 heavy (non-hydrogen) atoms. The molecule has 1 fully saturated rings. The number of nitrogens with zero attached hydrogens (tertiary/aromatic N) is 4. The number of aromatic nitrogens is 4. The molecule has 4 rings (SSSR count). The molecule has 1 aliphatic rings. The molecule has 13 nitrogen and oxygen atoms in total. The Labute approximate surface area is 178 Å². The van der Waals surface area contributed by atoms with Gasteiger partial charge in [-0.1, -0.05) is 0 Å². The molecular weight excluding hydrogens is 452 g/mol. The van der Waals surface area contributed by atoms with Crippen molar-refractivity contribution >= 4 is 30.8 Å². The average Bonchev–Trinajstić information content (AvgIpc) is 3.29. The van der Waals surface area contributed by atoms with Crippen LogP contribution in [0.3, 0.4) is 0 Å². The minimum Gasteiger partial charge on any atom is -0.387 e. The Morgan fingerprint density at radius 2 is 1.94 bits per heavy atom. The van der Waals surface area contributed by atoms with Crippen molar-refractivity contribution in [2.24, 2.45) is 0 Å². The minimum atomic E-state index is -4.92. The van der Waals surface area contributed by atoms with Gasteiger partial charge in [0.05, 0.1) is 18.5 Å². The number of phosphoric acid groups is 1. The maximum Gasteiger partial charge on any atom is 0.529 e. The second-order valence-electron chi connectivity index (χ2n) is 6.78. The fourth-order valence-electron chi connectivity index (χ4n) is 3.09. The molecule has 1 unspecified atom stereocenters. The largest absolute Gasteiger partial charge is 0.529 e. The predicted octanol–water partition coefficient (Wildman–Crippen LogP) is 0.141. The SMILES string of the molecule is Nc1ncnc2c1ncn2[C@@H]1O[C@H](COP(=O)(O)OC(=O)c2ccc(F)cc2)[C@@H](O)[C@H]1O. The summed E-state index contributed by atoms with van der Waals surface area (Å²) in [5, 5.41) is 20.6. The number of carbonyl (C=O) groups is 1. The van der Waals surface area contributed by atoms with E-state index in [1.165, 1.54) is 17.2 Å². The Balaban J connectivity index is 1.42. The lowest BCUT2D eigenvalue weighted by Crippen LogP contribution is -2.33. The maximum absolute atomic E-state index is 12.9. The third-order valence-electron chi connectivity index (χ3n) is 4.68. The van der Waals surface area contributed by atoms with Crippen molar-refractivity contribution in [3.05, 3.63) is 48.3 Å². The van der Waals surface area contributed by atoms with E-state index in [-0.39, 0.29) is 22.5 Å². The number of nitrogen functional groups attached to an aromatic ring is 1. The van der Waals surface area contributed by atoms with E-state index in [4.69, 9.17) is 15.0 Å². The molecule has 1 aromatic carbocycles. The fourth-order valence-corrected chi connectivity index (χ4v) is 3.79. The third kappa shape index (κ3) is 4.32. The van der Waals surface area contributed by atoms with Crippen LogP contribution in [0.25, 0.3) is 11.2 Å². The van der Waals surface area contributed by atoms with E-state index in [9.17, 15) is 28.9 Å². The first-order valence-corrected chi connectivity index (χ1v) is 10.6. The van der Waals surface area contributed by atoms with Gasteiger partial charge in [-0.15, -0.1) is 0 Å². The van der Waals surface area contributed by atoms with Crippen molar-refractivity contribution < 1.29 is 42.6 Å². The Hall–Kier alpha value is -3.00. The highest BCUT2D eigenvalue weighted by Crippen LogP contribution is 2.45. The Kier molecular flexibility index (Phi) is 5.90. The zero-order valence-corrected chi connectivity index (χ0v) is 16.9. The van der Waals surface area contributed by atoms with Gasteiger partial charge in [0.1, 0.15) is 36.0 Å². The van der Waals surface area contributed by atoms with Crippen LogP contribution < -0.4 is 5.73 Å². The summed E-state index contributed by atoms with van der Waals surface area (Å²) < 4.78 is 41.1. The number of ether oxygens (including phenoxy) is 1. The molecule has 3 aromatic rings. The van der Waals surface area contributed by atoms with Crippen LogP contribution in [-0.2, 0) is 18.3 Å². The molecule has 0 aliphatic carbocycles. The lowest BCUT2D eigenvalue weighted by Gasteiger charge is -2.17. The summed E-state index contributed by atoms with van der Waals surface area (Å²) in [4.78, 5) is 33.6. The van der Waals surface area contributed by atoms with Gasteiger partial charge in [0.2, 0.25) is 0 Å². The van der Waals surface area contributed by atoms with Crippen molar-refractivity contribution in [3.8, 4) is 0 Å². The van der Waals surface area contributed by atoms with Crippen molar-refractivity contribution in [2.75, 3.05) is 12.3 Å². The molecule has 15 heteroatoms. The molecule has 1 aliphatic heterocycles. The first-order valence-electron chi connectivity index (χ1n) is 9.08. The molecule has 5 atom stereocenters. The number of halogens is 1. The predicted molar refractivity (Wildman–Crippen MR) is 103 cm³/mol. The van der Waals surface area contributed by atoms with E-state index in [0.717, 1.165) is 24.3 Å². The average molecular weight is 469 g/mol. The first-order chi connectivity index (χ1) is 15.2. The highest BCUT2D eigenvalue weighted by Gasteiger charge is 2.45. The van der Waals surface area contributed by atoms with Crippen LogP contribution in [0, 0.1) is 5.82 Å². The number of nitrogens with two attached hydrogens (primary N) is 1. The highest BCUT2D eigenvalue weighted by molar-refractivity contribution is 7.48. The number of fused-ring (bicyclic) bond motifs is 1. The summed E-state index contributed by atoms with van der Waals surface area (Å²) in [5.74, 6) is -1.72. The number of hydrogen-bond acceptors (Lipinski definition) is 11. The molecule has 0 bridgehead atoms. The number of carbonyl (C=O) groups excluding carboxylic acids is 1. The zero-order chi connectivity index (χ0) is 23.0. The molecule has 0 amide bonds. The van der Waals surface area contributed by atoms with E-state index in [2.05, 4.69) is 19.5 Å². The smallest absolute Gasteiger partial charge is 0.387 e. The second kappa shape index (κ2) is 8.50. The van der Waals surface area contributed by atoms with Gasteiger partial charge in [-0.25, -0.2) is 28.7 Å². The standard InChI is InChI=1S/C17H17FN5O8P/c18-9-3-1-8(2-4-9)17(26)31-32(27,28)29-5-10-12(24)13(25)16(30-10)23-7-22-11-14(19)20-6-21-15(11)23/h1-4,6-7,10,12-13,16,24-25H,5H2,(H,27,28)(H2,19,20,21)/t10-,12-,13-,16-/m1/s1. The monoisotopic (exact) mass is 469 g/mol. The summed E-state index contributed by atoms with van der Waals surface area (Å²) in [5.41, 5.74) is 6.04. The number of aliphatic hydroxyl groups excluding tert-OH is 2. The number of aliphatic hydroxyl groups is 2. The zero-order valence-electron chi connectivity index (χ0n) is 16.1. The summed E-state index contributed by atoms with van der Waals surface area (Å²) >= 11 is 0. The van der Waals surface area contributed by atoms with Crippen molar-refractivity contribution in [1.29, 1.82) is 0 Å². The normalized spacial score (nSPS) is 25.0. The van der Waals surface area contributed by atoms with E-state index >= 15 is 0 Å². The maximum atomic E-state index is 12.9. The minimum absolute atomic E-state index is 0.103. The Bertz CT molecular complexity index is 1190. The van der Waals surface area contributed by atoms with Gasteiger partial charge in [0, 0.05) is 0 Å².